The van der Waals surface area contributed by atoms with Gasteiger partial charge in [-0.2, -0.15) is 0 Å². The number of carbonyl (C=O) groups excluding carboxylic acids is 8. The molecule has 4 aliphatic rings. The minimum Gasteiger partial charge on any atom is -0.480 e. The molecule has 458 valence electrons. The maximum atomic E-state index is 13.6. The summed E-state index contributed by atoms with van der Waals surface area (Å²) in [5.74, 6) is -3.18. The van der Waals surface area contributed by atoms with Gasteiger partial charge in [0.15, 0.2) is 30.2 Å². The second kappa shape index (κ2) is 35.9. The third-order valence-corrected chi connectivity index (χ3v) is 12.3. The van der Waals surface area contributed by atoms with E-state index in [1.54, 1.807) is 11.8 Å². The van der Waals surface area contributed by atoms with Crippen molar-refractivity contribution in [2.45, 2.75) is 94.3 Å². The van der Waals surface area contributed by atoms with E-state index in [9.17, 15) is 38.4 Å². The molecule has 0 bridgehead atoms. The van der Waals surface area contributed by atoms with E-state index in [1.807, 2.05) is 0 Å². The number of rotatable bonds is 37. The number of carbonyl (C=O) groups is 8. The molecule has 4 heterocycles. The van der Waals surface area contributed by atoms with Crippen molar-refractivity contribution in [1.29, 1.82) is 0 Å². The zero-order valence-corrected chi connectivity index (χ0v) is 46.3. The van der Waals surface area contributed by atoms with Crippen molar-refractivity contribution in [2.24, 2.45) is 38.8 Å². The second-order valence-electron chi connectivity index (χ2n) is 18.4. The number of nitrogens with two attached hydrogens (primary N) is 4. The Kier molecular flexibility index (Phi) is 29.3. The van der Waals surface area contributed by atoms with Gasteiger partial charge in [0.25, 0.3) is 0 Å². The molecule has 32 heteroatoms. The van der Waals surface area contributed by atoms with Crippen LogP contribution >= 0.6 is 0 Å². The molecule has 11 N–H and O–H groups in total. The molecule has 4 aliphatic heterocycles. The highest BCUT2D eigenvalue weighted by atomic mass is 16.8. The Morgan fingerprint density at radius 3 is 1.66 bits per heavy atom. The fraction of sp³-hybridized carbons (Fsp3) is 0.680. The molecule has 32 nitrogen and oxygen atoms in total. The molecule has 0 aromatic carbocycles. The zero-order valence-electron chi connectivity index (χ0n) is 46.3. The van der Waals surface area contributed by atoms with Crippen LogP contribution < -0.4 is 38.9 Å². The van der Waals surface area contributed by atoms with E-state index < -0.39 is 122 Å². The van der Waals surface area contributed by atoms with Gasteiger partial charge in [0.1, 0.15) is 51.3 Å². The number of guanidine groups is 2. The van der Waals surface area contributed by atoms with Gasteiger partial charge in [-0.3, -0.25) is 19.2 Å². The Morgan fingerprint density at radius 1 is 0.683 bits per heavy atom. The molecular formula is C50H76N10O22. The molecule has 2 saturated heterocycles. The van der Waals surface area contributed by atoms with Crippen LogP contribution in [0, 0.1) is 18.3 Å². The summed E-state index contributed by atoms with van der Waals surface area (Å²) in [5, 5.41) is 8.16. The van der Waals surface area contributed by atoms with Crippen LogP contribution in [0.5, 0.6) is 0 Å². The third-order valence-electron chi connectivity index (χ3n) is 12.3. The van der Waals surface area contributed by atoms with Crippen LogP contribution in [0.2, 0.25) is 0 Å². The topological polar surface area (TPSA) is 434 Å². The van der Waals surface area contributed by atoms with Gasteiger partial charge in [0, 0.05) is 39.0 Å². The maximum Gasteiger partial charge on any atom is 0.508 e. The van der Waals surface area contributed by atoms with Crippen molar-refractivity contribution in [3.63, 3.8) is 0 Å². The van der Waals surface area contributed by atoms with E-state index in [4.69, 9.17) is 95.7 Å². The Balaban J connectivity index is 1.34. The summed E-state index contributed by atoms with van der Waals surface area (Å²) < 4.78 is 75.9. The van der Waals surface area contributed by atoms with E-state index in [2.05, 4.69) is 31.9 Å². The first-order valence-corrected chi connectivity index (χ1v) is 26.2. The molecule has 0 aliphatic carbocycles. The van der Waals surface area contributed by atoms with Gasteiger partial charge < -0.3 is 110 Å². The number of terminal acetylenes is 1. The fourth-order valence-electron chi connectivity index (χ4n) is 8.50. The van der Waals surface area contributed by atoms with E-state index >= 15 is 0 Å². The Labute approximate surface area is 473 Å². The minimum absolute atomic E-state index is 0.0180. The highest BCUT2D eigenvalue weighted by molar-refractivity contribution is 5.87. The monoisotopic (exact) mass is 1170 g/mol. The number of hydrogen-bond donors (Lipinski definition) is 7. The lowest BCUT2D eigenvalue weighted by molar-refractivity contribution is -0.156. The normalized spacial score (nSPS) is 22.4. The molecule has 0 unspecified atom stereocenters. The predicted molar refractivity (Wildman–Crippen MR) is 281 cm³/mol. The summed E-state index contributed by atoms with van der Waals surface area (Å²) in [4.78, 5) is 112. The first kappa shape index (κ1) is 66.8. The van der Waals surface area contributed by atoms with E-state index in [0.717, 1.165) is 14.2 Å². The standard InChI is InChI=1S/C50H76N10O22/c1-6-15-71-17-19-73-21-22-74-20-18-72-16-10-39(64)60(14-9-12-56-38(63)27-75-42(35-25-77-49(67)81-35)41-29(2)31(58-47(51)52)23-33(79-41)45(65)69-4)13-8-7-11-55-37(62)28-76-43(36-26-78-50(68)82-36)44-40(57-30(3)61)32(59-48(53)54)24-34(80-44)46(66)70-5/h1,23-24,29,31-32,35-36,40-44H,7-22,25-28H2,2-5H3,(H,55,62)(H,56,63)(H,57,61)(H4,51,52,58)(H4,53,54,59)/t29-,31+,32+,35-,36-,40-,41-,42-,43-,44-/m1/s1. The van der Waals surface area contributed by atoms with Gasteiger partial charge in [0.05, 0.1) is 85.0 Å². The van der Waals surface area contributed by atoms with Gasteiger partial charge in [-0.1, -0.05) is 12.8 Å². The Hall–Kier alpha value is -7.70. The first-order chi connectivity index (χ1) is 39.3. The smallest absolute Gasteiger partial charge is 0.480 e. The number of esters is 2. The van der Waals surface area contributed by atoms with Crippen LogP contribution in [0.3, 0.4) is 0 Å². The molecule has 0 aromatic rings. The summed E-state index contributed by atoms with van der Waals surface area (Å²) in [7, 11) is 2.26. The molecule has 10 atom stereocenters. The van der Waals surface area contributed by atoms with Crippen molar-refractivity contribution in [1.82, 2.24) is 20.9 Å². The van der Waals surface area contributed by atoms with Gasteiger partial charge in [0.2, 0.25) is 35.1 Å². The zero-order chi connectivity index (χ0) is 60.0. The number of aliphatic imine (C=N–C) groups is 2. The lowest BCUT2D eigenvalue weighted by Gasteiger charge is -2.40. The average molecular weight is 1170 g/mol. The Bertz CT molecular complexity index is 2310. The largest absolute Gasteiger partial charge is 0.508 e. The minimum atomic E-state index is -1.35. The number of hydrogen-bond acceptors (Lipinski definition) is 24. The Morgan fingerprint density at radius 2 is 1.16 bits per heavy atom. The van der Waals surface area contributed by atoms with E-state index in [1.165, 1.54) is 19.1 Å². The predicted octanol–water partition coefficient (Wildman–Crippen LogP) is -3.52. The average Bonchev–Trinajstić information content (AvgIpc) is 4.21. The first-order valence-electron chi connectivity index (χ1n) is 26.2. The van der Waals surface area contributed by atoms with Crippen molar-refractivity contribution in [3.05, 3.63) is 23.7 Å². The highest BCUT2D eigenvalue weighted by Gasteiger charge is 2.50. The number of unbranched alkanes of at least 4 members (excludes halogenated alkanes) is 1. The summed E-state index contributed by atoms with van der Waals surface area (Å²) in [6.45, 7) is 4.00. The molecule has 4 rings (SSSR count). The van der Waals surface area contributed by atoms with Gasteiger partial charge in [-0.15, -0.1) is 6.42 Å². The number of cyclic esters (lactones) is 4. The number of nitrogens with one attached hydrogen (secondary N) is 3. The summed E-state index contributed by atoms with van der Waals surface area (Å²) >= 11 is 0. The molecule has 0 saturated carbocycles. The number of nitrogens with zero attached hydrogens (tertiary/aromatic N) is 3. The van der Waals surface area contributed by atoms with Crippen molar-refractivity contribution >= 4 is 59.8 Å². The van der Waals surface area contributed by atoms with Gasteiger partial charge in [-0.05, 0) is 31.4 Å². The molecule has 0 aromatic heterocycles. The summed E-state index contributed by atoms with van der Waals surface area (Å²) in [6, 6.07) is -3.01. The van der Waals surface area contributed by atoms with Crippen molar-refractivity contribution < 1.29 is 105 Å². The van der Waals surface area contributed by atoms with E-state index in [-0.39, 0.29) is 95.6 Å². The van der Waals surface area contributed by atoms with Crippen LogP contribution in [0.15, 0.2) is 33.7 Å². The quantitative estimate of drug-likeness (QED) is 0.00792. The molecule has 0 spiro atoms. The van der Waals surface area contributed by atoms with Crippen molar-refractivity contribution in [2.75, 3.05) is 120 Å². The number of ether oxygens (including phenoxy) is 14. The van der Waals surface area contributed by atoms with Crippen LogP contribution in [-0.2, 0) is 95.1 Å². The van der Waals surface area contributed by atoms with E-state index in [0.29, 0.717) is 45.7 Å². The van der Waals surface area contributed by atoms with Gasteiger partial charge in [-0.25, -0.2) is 29.2 Å². The fourth-order valence-corrected chi connectivity index (χ4v) is 8.50. The molecular weight excluding hydrogens is 1090 g/mol. The number of amides is 4. The maximum absolute atomic E-state index is 13.6. The highest BCUT2D eigenvalue weighted by Crippen LogP contribution is 2.33. The molecule has 0 radical (unpaired) electrons. The van der Waals surface area contributed by atoms with Gasteiger partial charge >= 0.3 is 24.2 Å². The van der Waals surface area contributed by atoms with Crippen LogP contribution in [-0.4, -0.2) is 239 Å². The van der Waals surface area contributed by atoms with Crippen LogP contribution in [0.25, 0.3) is 0 Å². The molecule has 4 amide bonds. The van der Waals surface area contributed by atoms with Crippen molar-refractivity contribution in [3.8, 4) is 12.3 Å². The lowest BCUT2D eigenvalue weighted by atomic mass is 9.87. The second-order valence-corrected chi connectivity index (χ2v) is 18.4. The lowest BCUT2D eigenvalue weighted by Crippen LogP contribution is -2.60. The third kappa shape index (κ3) is 23.0. The van der Waals surface area contributed by atoms with Crippen LogP contribution in [0.4, 0.5) is 9.59 Å². The number of methoxy groups -OCH3 is 2. The SMILES string of the molecule is C#CCOCCOCCOCCOCCC(=O)N(CCCCNC(=O)CO[C@@H]([C@@H]1OC(C(=O)OC)=C[C@H](N=C(N)N)[C@H]1NC(C)=O)[C@H]1COC(=O)O1)CCCNC(=O)CO[C@@H]([C@@H]1OC(C(=O)OC)=C[C@H](N=C(N)N)[C@H]1C)[C@H]1COC(=O)O1. The molecule has 82 heavy (non-hydrogen) atoms. The molecule has 2 fully saturated rings. The summed E-state index contributed by atoms with van der Waals surface area (Å²) in [6.07, 6.45) is -0.255. The summed E-state index contributed by atoms with van der Waals surface area (Å²) in [5.41, 5.74) is 22.7. The van der Waals surface area contributed by atoms with Crippen LogP contribution in [0.1, 0.15) is 39.5 Å².